The van der Waals surface area contributed by atoms with Gasteiger partial charge in [0.1, 0.15) is 18.0 Å². The predicted octanol–water partition coefficient (Wildman–Crippen LogP) is 2.35. The number of benzene rings is 1. The molecule has 5 atom stereocenters. The van der Waals surface area contributed by atoms with Crippen LogP contribution in [0, 0.1) is 0 Å². The van der Waals surface area contributed by atoms with Crippen LogP contribution in [0.1, 0.15) is 50.2 Å². The van der Waals surface area contributed by atoms with Crippen LogP contribution in [-0.2, 0) is 9.47 Å². The van der Waals surface area contributed by atoms with Gasteiger partial charge >= 0.3 is 5.69 Å². The van der Waals surface area contributed by atoms with E-state index >= 15 is 0 Å². The Labute approximate surface area is 169 Å². The van der Waals surface area contributed by atoms with E-state index in [1.807, 2.05) is 26.8 Å². The molecule has 2 N–H and O–H groups in total. The van der Waals surface area contributed by atoms with Crippen molar-refractivity contribution in [3.63, 3.8) is 0 Å². The number of carbonyl (C=O) groups excluding carboxylic acids is 1. The van der Waals surface area contributed by atoms with E-state index in [9.17, 15) is 14.7 Å². The summed E-state index contributed by atoms with van der Waals surface area (Å²) in [5.41, 5.74) is -0.129. The summed E-state index contributed by atoms with van der Waals surface area (Å²) in [6, 6.07) is 10.2. The van der Waals surface area contributed by atoms with Gasteiger partial charge in [-0.3, -0.25) is 9.36 Å². The molecule has 1 aromatic carbocycles. The highest BCUT2D eigenvalue weighted by Crippen LogP contribution is 2.33. The first-order valence-electron chi connectivity index (χ1n) is 9.89. The Kier molecular flexibility index (Phi) is 6.79. The fourth-order valence-electron chi connectivity index (χ4n) is 3.25. The molecule has 156 valence electrons. The summed E-state index contributed by atoms with van der Waals surface area (Å²) in [4.78, 5) is 28.8. The van der Waals surface area contributed by atoms with Crippen molar-refractivity contribution in [3.05, 3.63) is 58.6 Å². The third-order valence-electron chi connectivity index (χ3n) is 5.06. The summed E-state index contributed by atoms with van der Waals surface area (Å²) in [7, 11) is 0. The molecule has 2 aromatic rings. The third-order valence-corrected chi connectivity index (χ3v) is 5.06. The van der Waals surface area contributed by atoms with Gasteiger partial charge in [0.05, 0.1) is 12.2 Å². The molecule has 0 spiro atoms. The van der Waals surface area contributed by atoms with Crippen LogP contribution in [0.15, 0.2) is 47.4 Å². The lowest BCUT2D eigenvalue weighted by Crippen LogP contribution is -2.39. The maximum atomic E-state index is 12.6. The molecule has 1 fully saturated rings. The van der Waals surface area contributed by atoms with E-state index < -0.39 is 30.2 Å². The van der Waals surface area contributed by atoms with Crippen LogP contribution >= 0.6 is 0 Å². The lowest BCUT2D eigenvalue weighted by Gasteiger charge is -2.25. The average molecular weight is 401 g/mol. The van der Waals surface area contributed by atoms with Crippen LogP contribution in [0.4, 0.5) is 5.82 Å². The molecule has 1 aromatic heterocycles. The zero-order chi connectivity index (χ0) is 21.0. The minimum atomic E-state index is -0.844. The number of ether oxygens (including phenoxy) is 2. The van der Waals surface area contributed by atoms with Gasteiger partial charge in [0.2, 0.25) is 0 Å². The number of amides is 1. The molecule has 2 heterocycles. The van der Waals surface area contributed by atoms with Crippen molar-refractivity contribution in [2.45, 2.75) is 64.3 Å². The number of hydrogen-bond acceptors (Lipinski definition) is 6. The number of aliphatic hydroxyl groups is 1. The second kappa shape index (κ2) is 9.30. The average Bonchev–Trinajstić information content (AvgIpc) is 3.04. The number of rotatable bonds is 7. The quantitative estimate of drug-likeness (QED) is 0.738. The summed E-state index contributed by atoms with van der Waals surface area (Å²) in [6.45, 7) is 5.79. The van der Waals surface area contributed by atoms with Crippen molar-refractivity contribution >= 4 is 11.7 Å². The maximum absolute atomic E-state index is 12.6. The first-order chi connectivity index (χ1) is 13.9. The Morgan fingerprint density at radius 3 is 2.66 bits per heavy atom. The zero-order valence-corrected chi connectivity index (χ0v) is 16.8. The lowest BCUT2D eigenvalue weighted by molar-refractivity contribution is -0.0971. The van der Waals surface area contributed by atoms with Crippen molar-refractivity contribution in [2.24, 2.45) is 0 Å². The molecule has 0 aliphatic carbocycles. The molecule has 2 unspecified atom stereocenters. The lowest BCUT2D eigenvalue weighted by atomic mass is 10.1. The highest BCUT2D eigenvalue weighted by molar-refractivity contribution is 6.03. The van der Waals surface area contributed by atoms with Crippen molar-refractivity contribution < 1.29 is 19.4 Å². The van der Waals surface area contributed by atoms with Gasteiger partial charge in [0.25, 0.3) is 5.91 Å². The highest BCUT2D eigenvalue weighted by Gasteiger charge is 2.45. The summed E-state index contributed by atoms with van der Waals surface area (Å²) >= 11 is 0. The molecular formula is C21H27N3O5. The van der Waals surface area contributed by atoms with Gasteiger partial charge in [0, 0.05) is 11.8 Å². The van der Waals surface area contributed by atoms with Crippen LogP contribution in [0.2, 0.25) is 0 Å². The van der Waals surface area contributed by atoms with Crippen LogP contribution < -0.4 is 11.0 Å². The molecule has 29 heavy (non-hydrogen) atoms. The molecular weight excluding hydrogens is 374 g/mol. The molecule has 1 saturated heterocycles. The second-order valence-corrected chi connectivity index (χ2v) is 7.11. The number of aliphatic hydroxyl groups excluding tert-OH is 1. The Bertz CT molecular complexity index is 885. The maximum Gasteiger partial charge on any atom is 0.351 e. The summed E-state index contributed by atoms with van der Waals surface area (Å²) in [6.07, 6.45) is 0.0156. The van der Waals surface area contributed by atoms with E-state index in [4.69, 9.17) is 9.47 Å². The Hall–Kier alpha value is -2.55. The standard InChI is InChI=1S/C21H27N3O5/c1-4-13(3)28-18-17(25)15(5-2)29-20(18)24-12-11-16(23-21(24)27)22-19(26)14-9-7-6-8-10-14/h6-13,15,17-18,20,25H,4-5H2,1-3H3,(H,22,23,26,27)/t13?,15-,17?,18+,20-/m1/s1. The molecule has 0 saturated carbocycles. The zero-order valence-electron chi connectivity index (χ0n) is 16.8. The Morgan fingerprint density at radius 2 is 2.03 bits per heavy atom. The van der Waals surface area contributed by atoms with E-state index in [1.165, 1.54) is 16.8 Å². The van der Waals surface area contributed by atoms with Crippen LogP contribution in [-0.4, -0.2) is 45.0 Å². The van der Waals surface area contributed by atoms with Gasteiger partial charge in [-0.1, -0.05) is 32.0 Å². The van der Waals surface area contributed by atoms with E-state index in [2.05, 4.69) is 10.3 Å². The first kappa shape index (κ1) is 21.2. The molecule has 1 amide bonds. The fraction of sp³-hybridized carbons (Fsp3) is 0.476. The molecule has 0 radical (unpaired) electrons. The molecule has 3 rings (SSSR count). The molecule has 8 heteroatoms. The third kappa shape index (κ3) is 4.72. The number of carbonyl (C=O) groups is 1. The monoisotopic (exact) mass is 401 g/mol. The summed E-state index contributed by atoms with van der Waals surface area (Å²) in [5, 5.41) is 13.2. The summed E-state index contributed by atoms with van der Waals surface area (Å²) in [5.74, 6) is -0.211. The number of anilines is 1. The normalized spacial score (nSPS) is 25.0. The van der Waals surface area contributed by atoms with Gasteiger partial charge in [0.15, 0.2) is 6.23 Å². The van der Waals surface area contributed by atoms with Crippen molar-refractivity contribution in [1.82, 2.24) is 9.55 Å². The van der Waals surface area contributed by atoms with Crippen LogP contribution in [0.25, 0.3) is 0 Å². The number of nitrogens with zero attached hydrogens (tertiary/aromatic N) is 2. The molecule has 1 aliphatic heterocycles. The van der Waals surface area contributed by atoms with Crippen LogP contribution in [0.3, 0.4) is 0 Å². The SMILES string of the molecule is CCC(C)O[C@H]1C(O)[C@@H](CC)O[C@H]1n1ccc(NC(=O)c2ccccc2)nc1=O. The topological polar surface area (TPSA) is 103 Å². The smallest absolute Gasteiger partial charge is 0.351 e. The highest BCUT2D eigenvalue weighted by atomic mass is 16.6. The van der Waals surface area contributed by atoms with Gasteiger partial charge in [-0.2, -0.15) is 4.98 Å². The number of hydrogen-bond donors (Lipinski definition) is 2. The van der Waals surface area contributed by atoms with E-state index in [-0.39, 0.29) is 17.8 Å². The van der Waals surface area contributed by atoms with Gasteiger partial charge < -0.3 is 19.9 Å². The van der Waals surface area contributed by atoms with Gasteiger partial charge in [-0.15, -0.1) is 0 Å². The van der Waals surface area contributed by atoms with E-state index in [1.54, 1.807) is 24.3 Å². The van der Waals surface area contributed by atoms with Gasteiger partial charge in [-0.25, -0.2) is 4.79 Å². The largest absolute Gasteiger partial charge is 0.388 e. The van der Waals surface area contributed by atoms with Crippen molar-refractivity contribution in [3.8, 4) is 0 Å². The van der Waals surface area contributed by atoms with Crippen LogP contribution in [0.5, 0.6) is 0 Å². The Balaban J connectivity index is 1.81. The van der Waals surface area contributed by atoms with E-state index in [0.717, 1.165) is 6.42 Å². The van der Waals surface area contributed by atoms with E-state index in [0.29, 0.717) is 12.0 Å². The number of aromatic nitrogens is 2. The number of nitrogens with one attached hydrogen (secondary N) is 1. The van der Waals surface area contributed by atoms with Crippen molar-refractivity contribution in [2.75, 3.05) is 5.32 Å². The minimum absolute atomic E-state index is 0.0931. The Morgan fingerprint density at radius 1 is 1.31 bits per heavy atom. The predicted molar refractivity (Wildman–Crippen MR) is 108 cm³/mol. The summed E-state index contributed by atoms with van der Waals surface area (Å²) < 4.78 is 13.1. The van der Waals surface area contributed by atoms with Gasteiger partial charge in [-0.05, 0) is 38.0 Å². The minimum Gasteiger partial charge on any atom is -0.388 e. The molecule has 1 aliphatic rings. The fourth-order valence-corrected chi connectivity index (χ4v) is 3.25. The first-order valence-corrected chi connectivity index (χ1v) is 9.89. The van der Waals surface area contributed by atoms with Crippen molar-refractivity contribution in [1.29, 1.82) is 0 Å². The molecule has 0 bridgehead atoms. The molecule has 8 nitrogen and oxygen atoms in total. The second-order valence-electron chi connectivity index (χ2n) is 7.11.